The van der Waals surface area contributed by atoms with E-state index >= 15 is 0 Å². The van der Waals surface area contributed by atoms with E-state index in [2.05, 4.69) is 9.71 Å². The molecule has 4 nitrogen and oxygen atoms in total. The predicted molar refractivity (Wildman–Crippen MR) is 81.9 cm³/mol. The zero-order valence-electron chi connectivity index (χ0n) is 10.1. The second kappa shape index (κ2) is 5.05. The first-order chi connectivity index (χ1) is 9.54. The van der Waals surface area contributed by atoms with Gasteiger partial charge in [0.15, 0.2) is 5.13 Å². The van der Waals surface area contributed by atoms with Crippen LogP contribution in [-0.4, -0.2) is 13.4 Å². The molecule has 0 aliphatic heterocycles. The van der Waals surface area contributed by atoms with Crippen LogP contribution < -0.4 is 4.72 Å². The number of aromatic nitrogens is 1. The normalized spacial score (nSPS) is 11.7. The molecular weight excluding hydrogens is 316 g/mol. The van der Waals surface area contributed by atoms with E-state index < -0.39 is 10.0 Å². The molecule has 0 aliphatic carbocycles. The fourth-order valence-corrected chi connectivity index (χ4v) is 3.93. The highest BCUT2D eigenvalue weighted by Crippen LogP contribution is 2.27. The molecule has 0 radical (unpaired) electrons. The minimum atomic E-state index is -3.64. The summed E-state index contributed by atoms with van der Waals surface area (Å²) in [6.45, 7) is 0. The summed E-state index contributed by atoms with van der Waals surface area (Å²) in [7, 11) is -3.64. The van der Waals surface area contributed by atoms with Crippen LogP contribution in [0.1, 0.15) is 0 Å². The van der Waals surface area contributed by atoms with Crippen LogP contribution in [0.5, 0.6) is 0 Å². The summed E-state index contributed by atoms with van der Waals surface area (Å²) in [5.41, 5.74) is 0.770. The second-order valence-corrected chi connectivity index (χ2v) is 7.20. The van der Waals surface area contributed by atoms with Gasteiger partial charge in [-0.3, -0.25) is 4.72 Å². The highest BCUT2D eigenvalue weighted by molar-refractivity contribution is 7.93. The first kappa shape index (κ1) is 13.4. The molecule has 0 bridgehead atoms. The number of hydrogen-bond acceptors (Lipinski definition) is 4. The molecule has 20 heavy (non-hydrogen) atoms. The number of halogens is 1. The number of nitrogens with zero attached hydrogens (tertiary/aromatic N) is 1. The van der Waals surface area contributed by atoms with Crippen molar-refractivity contribution in [3.63, 3.8) is 0 Å². The number of para-hydroxylation sites is 1. The van der Waals surface area contributed by atoms with Crippen LogP contribution >= 0.6 is 22.9 Å². The molecule has 1 aromatic heterocycles. The average Bonchev–Trinajstić information content (AvgIpc) is 2.80. The lowest BCUT2D eigenvalue weighted by atomic mass is 10.3. The minimum Gasteiger partial charge on any atom is -0.255 e. The van der Waals surface area contributed by atoms with Crippen molar-refractivity contribution in [1.29, 1.82) is 0 Å². The lowest BCUT2D eigenvalue weighted by Crippen LogP contribution is -2.12. The lowest BCUT2D eigenvalue weighted by Gasteiger charge is -2.04. The number of nitrogens with one attached hydrogen (secondary N) is 1. The third kappa shape index (κ3) is 2.63. The Bertz CT molecular complexity index is 824. The maximum absolute atomic E-state index is 12.2. The lowest BCUT2D eigenvalue weighted by molar-refractivity contribution is 0.601. The first-order valence-corrected chi connectivity index (χ1v) is 8.36. The Labute approximate surface area is 125 Å². The molecule has 102 valence electrons. The van der Waals surface area contributed by atoms with Crippen molar-refractivity contribution >= 4 is 48.3 Å². The Morgan fingerprint density at radius 1 is 1.05 bits per heavy atom. The largest absolute Gasteiger partial charge is 0.263 e. The van der Waals surface area contributed by atoms with Crippen LogP contribution in [0.25, 0.3) is 10.2 Å². The average molecular weight is 325 g/mol. The van der Waals surface area contributed by atoms with Crippen LogP contribution in [0, 0.1) is 0 Å². The maximum Gasteiger partial charge on any atom is 0.263 e. The standard InChI is InChI=1S/C13H9ClN2O2S2/c14-9-5-7-10(8-6-9)20(17,18)16-13-15-11-3-1-2-4-12(11)19-13/h1-8H,(H,15,16). The van der Waals surface area contributed by atoms with E-state index in [1.165, 1.54) is 35.6 Å². The number of sulfonamides is 1. The van der Waals surface area contributed by atoms with Crippen molar-refractivity contribution in [1.82, 2.24) is 4.98 Å². The van der Waals surface area contributed by atoms with Crippen LogP contribution in [-0.2, 0) is 10.0 Å². The summed E-state index contributed by atoms with van der Waals surface area (Å²) in [5, 5.41) is 0.838. The Balaban J connectivity index is 1.94. The summed E-state index contributed by atoms with van der Waals surface area (Å²) in [5.74, 6) is 0. The molecule has 0 fully saturated rings. The quantitative estimate of drug-likeness (QED) is 0.798. The fourth-order valence-electron chi connectivity index (χ4n) is 1.70. The number of thiazole rings is 1. The van der Waals surface area contributed by atoms with Gasteiger partial charge in [0.05, 0.1) is 15.1 Å². The van der Waals surface area contributed by atoms with E-state index in [1.54, 1.807) is 0 Å². The third-order valence-corrected chi connectivity index (χ3v) is 5.33. The molecule has 2 aromatic carbocycles. The predicted octanol–water partition coefficient (Wildman–Crippen LogP) is 3.75. The molecular formula is C13H9ClN2O2S2. The molecule has 0 saturated carbocycles. The molecule has 1 heterocycles. The Morgan fingerprint density at radius 3 is 2.45 bits per heavy atom. The molecule has 0 atom stereocenters. The summed E-state index contributed by atoms with van der Waals surface area (Å²) in [6, 6.07) is 13.5. The Kier molecular flexibility index (Phi) is 3.37. The summed E-state index contributed by atoms with van der Waals surface area (Å²) in [6.07, 6.45) is 0. The molecule has 3 rings (SSSR count). The SMILES string of the molecule is O=S(=O)(Nc1nc2ccccc2s1)c1ccc(Cl)cc1. The number of hydrogen-bond donors (Lipinski definition) is 1. The van der Waals surface area contributed by atoms with Gasteiger partial charge in [0.25, 0.3) is 10.0 Å². The first-order valence-electron chi connectivity index (χ1n) is 5.68. The zero-order valence-corrected chi connectivity index (χ0v) is 12.5. The number of benzene rings is 2. The van der Waals surface area contributed by atoms with Gasteiger partial charge in [-0.05, 0) is 36.4 Å². The van der Waals surface area contributed by atoms with Crippen molar-refractivity contribution < 1.29 is 8.42 Å². The molecule has 1 N–H and O–H groups in total. The monoisotopic (exact) mass is 324 g/mol. The van der Waals surface area contributed by atoms with E-state index in [9.17, 15) is 8.42 Å². The van der Waals surface area contributed by atoms with Crippen LogP contribution in [0.15, 0.2) is 53.4 Å². The Morgan fingerprint density at radius 2 is 1.75 bits per heavy atom. The van der Waals surface area contributed by atoms with Crippen molar-refractivity contribution in [3.8, 4) is 0 Å². The number of anilines is 1. The molecule has 0 unspecified atom stereocenters. The maximum atomic E-state index is 12.2. The summed E-state index contributed by atoms with van der Waals surface area (Å²) >= 11 is 7.04. The minimum absolute atomic E-state index is 0.154. The van der Waals surface area contributed by atoms with E-state index in [1.807, 2.05) is 24.3 Å². The summed E-state index contributed by atoms with van der Waals surface area (Å²) < 4.78 is 27.8. The van der Waals surface area contributed by atoms with E-state index in [0.29, 0.717) is 10.2 Å². The highest BCUT2D eigenvalue weighted by atomic mass is 35.5. The van der Waals surface area contributed by atoms with Gasteiger partial charge in [-0.2, -0.15) is 0 Å². The van der Waals surface area contributed by atoms with Gasteiger partial charge < -0.3 is 0 Å². The van der Waals surface area contributed by atoms with Crippen LogP contribution in [0.3, 0.4) is 0 Å². The number of rotatable bonds is 3. The van der Waals surface area contributed by atoms with Crippen molar-refractivity contribution in [2.75, 3.05) is 4.72 Å². The van der Waals surface area contributed by atoms with E-state index in [-0.39, 0.29) is 4.90 Å². The third-order valence-electron chi connectivity index (χ3n) is 2.64. The summed E-state index contributed by atoms with van der Waals surface area (Å²) in [4.78, 5) is 4.40. The second-order valence-electron chi connectivity index (χ2n) is 4.05. The number of fused-ring (bicyclic) bond motifs is 1. The van der Waals surface area contributed by atoms with Gasteiger partial charge in [-0.25, -0.2) is 13.4 Å². The molecule has 7 heteroatoms. The molecule has 0 saturated heterocycles. The van der Waals surface area contributed by atoms with E-state index in [4.69, 9.17) is 11.6 Å². The van der Waals surface area contributed by atoms with Crippen LogP contribution in [0.4, 0.5) is 5.13 Å². The zero-order chi connectivity index (χ0) is 14.2. The van der Waals surface area contributed by atoms with Gasteiger partial charge in [0.1, 0.15) is 0 Å². The van der Waals surface area contributed by atoms with Crippen molar-refractivity contribution in [2.24, 2.45) is 0 Å². The topological polar surface area (TPSA) is 59.1 Å². The van der Waals surface area contributed by atoms with Crippen molar-refractivity contribution in [3.05, 3.63) is 53.6 Å². The van der Waals surface area contributed by atoms with Crippen LogP contribution in [0.2, 0.25) is 5.02 Å². The van der Waals surface area contributed by atoms with E-state index in [0.717, 1.165) is 10.2 Å². The molecule has 0 spiro atoms. The smallest absolute Gasteiger partial charge is 0.255 e. The molecule has 0 amide bonds. The highest BCUT2D eigenvalue weighted by Gasteiger charge is 2.16. The fraction of sp³-hybridized carbons (Fsp3) is 0. The van der Waals surface area contributed by atoms with Gasteiger partial charge in [0, 0.05) is 5.02 Å². The van der Waals surface area contributed by atoms with Gasteiger partial charge >= 0.3 is 0 Å². The molecule has 3 aromatic rings. The van der Waals surface area contributed by atoms with Gasteiger partial charge in [0.2, 0.25) is 0 Å². The van der Waals surface area contributed by atoms with Gasteiger partial charge in [-0.1, -0.05) is 35.1 Å². The van der Waals surface area contributed by atoms with Gasteiger partial charge in [-0.15, -0.1) is 0 Å². The Hall–Kier alpha value is -1.63. The van der Waals surface area contributed by atoms with Crippen molar-refractivity contribution in [2.45, 2.75) is 4.90 Å². The molecule has 0 aliphatic rings.